The van der Waals surface area contributed by atoms with Crippen molar-refractivity contribution in [2.24, 2.45) is 5.92 Å². The number of carbonyl (C=O) groups excluding carboxylic acids is 2. The highest BCUT2D eigenvalue weighted by molar-refractivity contribution is 7.09. The van der Waals surface area contributed by atoms with Gasteiger partial charge in [0, 0.05) is 41.8 Å². The van der Waals surface area contributed by atoms with Crippen LogP contribution in [0.4, 0.5) is 0 Å². The van der Waals surface area contributed by atoms with Gasteiger partial charge in [-0.05, 0) is 42.5 Å². The van der Waals surface area contributed by atoms with Crippen LogP contribution in [0.2, 0.25) is 0 Å². The van der Waals surface area contributed by atoms with Crippen molar-refractivity contribution in [1.29, 1.82) is 0 Å². The summed E-state index contributed by atoms with van der Waals surface area (Å²) in [7, 11) is 0. The predicted molar refractivity (Wildman–Crippen MR) is 107 cm³/mol. The molecule has 28 heavy (non-hydrogen) atoms. The molecule has 1 aliphatic rings. The summed E-state index contributed by atoms with van der Waals surface area (Å²) >= 11 is 1.63. The molecule has 0 spiro atoms. The Morgan fingerprint density at radius 1 is 1.25 bits per heavy atom. The third kappa shape index (κ3) is 4.12. The standard InChI is InChI=1S/C20H21N5O2S/c26-19(22-13-16-4-2-10-28-16)14-5-8-25(9-6-14)20(27)18-11-17(23-24-18)15-3-1-7-21-12-15/h1-4,7,10-12,14H,5-6,8-9,13H2,(H,22,26)(H,23,24). The molecule has 4 rings (SSSR count). The van der Waals surface area contributed by atoms with Crippen LogP contribution in [0.1, 0.15) is 28.2 Å². The van der Waals surface area contributed by atoms with Crippen molar-refractivity contribution in [2.75, 3.05) is 13.1 Å². The van der Waals surface area contributed by atoms with Gasteiger partial charge in [-0.1, -0.05) is 6.07 Å². The smallest absolute Gasteiger partial charge is 0.271 e. The van der Waals surface area contributed by atoms with Crippen LogP contribution >= 0.6 is 11.3 Å². The number of amides is 2. The van der Waals surface area contributed by atoms with Gasteiger partial charge in [0.25, 0.3) is 5.91 Å². The number of piperidine rings is 1. The molecule has 2 amide bonds. The molecular weight excluding hydrogens is 374 g/mol. The van der Waals surface area contributed by atoms with Crippen LogP contribution in [0.15, 0.2) is 48.1 Å². The minimum atomic E-state index is -0.0833. The van der Waals surface area contributed by atoms with E-state index in [0.29, 0.717) is 43.9 Å². The highest BCUT2D eigenvalue weighted by Crippen LogP contribution is 2.21. The summed E-state index contributed by atoms with van der Waals surface area (Å²) in [5.74, 6) is -0.0577. The maximum Gasteiger partial charge on any atom is 0.271 e. The third-order valence-corrected chi connectivity index (χ3v) is 5.81. The van der Waals surface area contributed by atoms with Gasteiger partial charge < -0.3 is 10.2 Å². The molecule has 3 aromatic heterocycles. The molecule has 1 saturated heterocycles. The summed E-state index contributed by atoms with van der Waals surface area (Å²) in [6, 6.07) is 9.47. The average molecular weight is 395 g/mol. The molecule has 2 N–H and O–H groups in total. The second-order valence-electron chi connectivity index (χ2n) is 6.77. The Bertz CT molecular complexity index is 931. The summed E-state index contributed by atoms with van der Waals surface area (Å²) in [4.78, 5) is 32.1. The van der Waals surface area contributed by atoms with Gasteiger partial charge in [0.2, 0.25) is 5.91 Å². The highest BCUT2D eigenvalue weighted by Gasteiger charge is 2.28. The van der Waals surface area contributed by atoms with E-state index in [9.17, 15) is 9.59 Å². The zero-order valence-corrected chi connectivity index (χ0v) is 16.1. The van der Waals surface area contributed by atoms with E-state index in [1.165, 1.54) is 0 Å². The molecule has 0 unspecified atom stereocenters. The highest BCUT2D eigenvalue weighted by atomic mass is 32.1. The Morgan fingerprint density at radius 2 is 2.11 bits per heavy atom. The average Bonchev–Trinajstić information content (AvgIpc) is 3.44. The minimum Gasteiger partial charge on any atom is -0.351 e. The fraction of sp³-hybridized carbons (Fsp3) is 0.300. The van der Waals surface area contributed by atoms with Crippen LogP contribution in [-0.2, 0) is 11.3 Å². The molecule has 144 valence electrons. The van der Waals surface area contributed by atoms with Gasteiger partial charge in [-0.25, -0.2) is 0 Å². The van der Waals surface area contributed by atoms with Crippen LogP contribution in [0, 0.1) is 5.92 Å². The van der Waals surface area contributed by atoms with E-state index in [4.69, 9.17) is 0 Å². The molecule has 0 aliphatic carbocycles. The lowest BCUT2D eigenvalue weighted by molar-refractivity contribution is -0.126. The summed E-state index contributed by atoms with van der Waals surface area (Å²) in [6.07, 6.45) is 4.75. The van der Waals surface area contributed by atoms with Gasteiger partial charge in [-0.3, -0.25) is 19.7 Å². The van der Waals surface area contributed by atoms with E-state index in [0.717, 1.165) is 10.4 Å². The molecule has 8 heteroatoms. The first-order valence-corrected chi connectivity index (χ1v) is 10.1. The molecule has 0 saturated carbocycles. The molecule has 3 aromatic rings. The summed E-state index contributed by atoms with van der Waals surface area (Å²) in [5.41, 5.74) is 2.01. The summed E-state index contributed by atoms with van der Waals surface area (Å²) in [6.45, 7) is 1.70. The number of carbonyl (C=O) groups is 2. The largest absolute Gasteiger partial charge is 0.351 e. The van der Waals surface area contributed by atoms with Gasteiger partial charge in [-0.2, -0.15) is 5.10 Å². The number of nitrogens with one attached hydrogen (secondary N) is 2. The van der Waals surface area contributed by atoms with Crippen molar-refractivity contribution in [2.45, 2.75) is 19.4 Å². The Kier molecular flexibility index (Phi) is 5.48. The van der Waals surface area contributed by atoms with Crippen molar-refractivity contribution in [1.82, 2.24) is 25.4 Å². The van der Waals surface area contributed by atoms with Crippen LogP contribution in [-0.4, -0.2) is 45.0 Å². The lowest BCUT2D eigenvalue weighted by Gasteiger charge is -2.31. The molecule has 7 nitrogen and oxygen atoms in total. The normalized spacial score (nSPS) is 14.8. The van der Waals surface area contributed by atoms with Gasteiger partial charge in [0.1, 0.15) is 5.69 Å². The van der Waals surface area contributed by atoms with E-state index in [1.807, 2.05) is 29.6 Å². The first-order chi connectivity index (χ1) is 13.7. The van der Waals surface area contributed by atoms with Gasteiger partial charge in [0.05, 0.1) is 12.2 Å². The Morgan fingerprint density at radius 3 is 2.82 bits per heavy atom. The van der Waals surface area contributed by atoms with Crippen molar-refractivity contribution in [3.8, 4) is 11.3 Å². The topological polar surface area (TPSA) is 91.0 Å². The van der Waals surface area contributed by atoms with E-state index in [2.05, 4.69) is 20.5 Å². The van der Waals surface area contributed by atoms with Crippen LogP contribution in [0.5, 0.6) is 0 Å². The minimum absolute atomic E-state index is 0.0447. The number of likely N-dealkylation sites (tertiary alicyclic amines) is 1. The van der Waals surface area contributed by atoms with E-state index < -0.39 is 0 Å². The Labute approximate surface area is 166 Å². The molecule has 0 radical (unpaired) electrons. The second kappa shape index (κ2) is 8.35. The quantitative estimate of drug-likeness (QED) is 0.695. The number of H-pyrrole nitrogens is 1. The van der Waals surface area contributed by atoms with E-state index >= 15 is 0 Å². The van der Waals surface area contributed by atoms with Gasteiger partial charge in [-0.15, -0.1) is 11.3 Å². The zero-order valence-electron chi connectivity index (χ0n) is 15.3. The molecular formula is C20H21N5O2S. The monoisotopic (exact) mass is 395 g/mol. The van der Waals surface area contributed by atoms with Crippen LogP contribution < -0.4 is 5.32 Å². The Hall–Kier alpha value is -3.00. The second-order valence-corrected chi connectivity index (χ2v) is 7.80. The fourth-order valence-electron chi connectivity index (χ4n) is 3.34. The SMILES string of the molecule is O=C(NCc1cccs1)C1CCN(C(=O)c2cc(-c3cccnc3)n[nH]2)CC1. The number of hydrogen-bond acceptors (Lipinski definition) is 5. The third-order valence-electron chi connectivity index (χ3n) is 4.94. The van der Waals surface area contributed by atoms with Crippen LogP contribution in [0.3, 0.4) is 0 Å². The molecule has 1 aliphatic heterocycles. The maximum absolute atomic E-state index is 12.7. The lowest BCUT2D eigenvalue weighted by Crippen LogP contribution is -2.43. The predicted octanol–water partition coefficient (Wildman–Crippen LogP) is 2.70. The van der Waals surface area contributed by atoms with E-state index in [-0.39, 0.29) is 17.7 Å². The number of hydrogen-bond donors (Lipinski definition) is 2. The van der Waals surface area contributed by atoms with Crippen molar-refractivity contribution in [3.63, 3.8) is 0 Å². The zero-order chi connectivity index (χ0) is 19.3. The Balaban J connectivity index is 1.30. The number of thiophene rings is 1. The molecule has 0 atom stereocenters. The maximum atomic E-state index is 12.7. The lowest BCUT2D eigenvalue weighted by atomic mass is 9.95. The number of aromatic amines is 1. The number of nitrogens with zero attached hydrogens (tertiary/aromatic N) is 3. The first-order valence-electron chi connectivity index (χ1n) is 9.26. The first kappa shape index (κ1) is 18.4. The molecule has 0 aromatic carbocycles. The number of aromatic nitrogens is 3. The van der Waals surface area contributed by atoms with Crippen LogP contribution in [0.25, 0.3) is 11.3 Å². The fourth-order valence-corrected chi connectivity index (χ4v) is 3.98. The molecule has 4 heterocycles. The molecule has 0 bridgehead atoms. The van der Waals surface area contributed by atoms with Crippen molar-refractivity contribution in [3.05, 3.63) is 58.7 Å². The van der Waals surface area contributed by atoms with Crippen molar-refractivity contribution < 1.29 is 9.59 Å². The van der Waals surface area contributed by atoms with Crippen molar-refractivity contribution >= 4 is 23.2 Å². The summed E-state index contributed by atoms with van der Waals surface area (Å²) in [5, 5.41) is 12.0. The number of pyridine rings is 1. The van der Waals surface area contributed by atoms with E-state index in [1.54, 1.807) is 34.7 Å². The molecule has 1 fully saturated rings. The van der Waals surface area contributed by atoms with Gasteiger partial charge >= 0.3 is 0 Å². The summed E-state index contributed by atoms with van der Waals surface area (Å²) < 4.78 is 0. The number of rotatable bonds is 5. The van der Waals surface area contributed by atoms with Gasteiger partial charge in [0.15, 0.2) is 0 Å².